The second kappa shape index (κ2) is 5.97. The number of hydrogen-bond acceptors (Lipinski definition) is 4. The molecule has 0 radical (unpaired) electrons. The zero-order valence-electron chi connectivity index (χ0n) is 14.1. The summed E-state index contributed by atoms with van der Waals surface area (Å²) in [4.78, 5) is 12.7. The fraction of sp³-hybridized carbons (Fsp3) is 0.0476. The summed E-state index contributed by atoms with van der Waals surface area (Å²) in [5.74, 6) is 2.20. The topological polar surface area (TPSA) is 54.7 Å². The average Bonchev–Trinajstić information content (AvgIpc) is 3.39. The van der Waals surface area contributed by atoms with E-state index in [2.05, 4.69) is 28.2 Å². The van der Waals surface area contributed by atoms with E-state index in [1.165, 1.54) is 0 Å². The highest BCUT2D eigenvalue weighted by Crippen LogP contribution is 2.34. The molecular formula is C21H15N3OS. The maximum atomic E-state index is 6.04. The molecule has 0 bridgehead atoms. The number of rotatable bonds is 3. The van der Waals surface area contributed by atoms with Crippen LogP contribution in [0.4, 0.5) is 0 Å². The summed E-state index contributed by atoms with van der Waals surface area (Å²) in [6.45, 7) is 2.02. The van der Waals surface area contributed by atoms with Gasteiger partial charge in [-0.2, -0.15) is 0 Å². The highest BCUT2D eigenvalue weighted by atomic mass is 32.1. The molecule has 0 fully saturated rings. The number of nitrogens with zero attached hydrogens (tertiary/aromatic N) is 2. The van der Waals surface area contributed by atoms with Crippen LogP contribution in [0.2, 0.25) is 0 Å². The smallest absolute Gasteiger partial charge is 0.174 e. The summed E-state index contributed by atoms with van der Waals surface area (Å²) in [6.07, 6.45) is 0. The number of para-hydroxylation sites is 1. The zero-order chi connectivity index (χ0) is 17.5. The fourth-order valence-electron chi connectivity index (χ4n) is 3.01. The lowest BCUT2D eigenvalue weighted by atomic mass is 10.1. The van der Waals surface area contributed by atoms with E-state index in [0.717, 1.165) is 43.8 Å². The largest absolute Gasteiger partial charge is 0.450 e. The van der Waals surface area contributed by atoms with Crippen molar-refractivity contribution in [1.82, 2.24) is 15.0 Å². The van der Waals surface area contributed by atoms with Gasteiger partial charge in [0.05, 0.1) is 15.9 Å². The minimum atomic E-state index is 0.713. The molecule has 0 aliphatic carbocycles. The number of furan rings is 1. The van der Waals surface area contributed by atoms with Crippen LogP contribution < -0.4 is 0 Å². The van der Waals surface area contributed by atoms with E-state index >= 15 is 0 Å². The number of aromatic nitrogens is 3. The van der Waals surface area contributed by atoms with Crippen molar-refractivity contribution in [2.75, 3.05) is 0 Å². The molecule has 0 atom stereocenters. The number of hydrogen-bond donors (Lipinski definition) is 1. The Balaban J connectivity index is 1.52. The zero-order valence-corrected chi connectivity index (χ0v) is 14.9. The van der Waals surface area contributed by atoms with Crippen LogP contribution in [0.3, 0.4) is 0 Å². The standard InChI is InChI=1S/C21H15N3OS/c1-13-19(14-7-3-2-4-8-14)24-20(22-13)16-11-12-17(25-16)21-23-15-9-5-6-10-18(15)26-21/h2-12H,1H3,(H,22,24). The molecule has 5 heteroatoms. The lowest BCUT2D eigenvalue weighted by Gasteiger charge is -1.96. The first kappa shape index (κ1) is 15.1. The monoisotopic (exact) mass is 357 g/mol. The van der Waals surface area contributed by atoms with Crippen molar-refractivity contribution >= 4 is 21.6 Å². The first-order chi connectivity index (χ1) is 12.8. The van der Waals surface area contributed by atoms with E-state index in [9.17, 15) is 0 Å². The predicted octanol–water partition coefficient (Wildman–Crippen LogP) is 5.92. The van der Waals surface area contributed by atoms with Gasteiger partial charge >= 0.3 is 0 Å². The Hall–Kier alpha value is -3.18. The number of aryl methyl sites for hydroxylation is 1. The molecule has 0 amide bonds. The van der Waals surface area contributed by atoms with Gasteiger partial charge in [-0.1, -0.05) is 42.5 Å². The third-order valence-electron chi connectivity index (χ3n) is 4.28. The first-order valence-electron chi connectivity index (χ1n) is 8.36. The van der Waals surface area contributed by atoms with Crippen molar-refractivity contribution in [3.05, 3.63) is 72.4 Å². The van der Waals surface area contributed by atoms with Crippen LogP contribution >= 0.6 is 11.3 Å². The number of nitrogens with one attached hydrogen (secondary N) is 1. The summed E-state index contributed by atoms with van der Waals surface area (Å²) < 4.78 is 7.20. The van der Waals surface area contributed by atoms with E-state index in [0.29, 0.717) is 5.76 Å². The van der Waals surface area contributed by atoms with Gasteiger partial charge in [-0.25, -0.2) is 9.97 Å². The summed E-state index contributed by atoms with van der Waals surface area (Å²) >= 11 is 1.63. The van der Waals surface area contributed by atoms with Crippen LogP contribution in [0.5, 0.6) is 0 Å². The fourth-order valence-corrected chi connectivity index (χ4v) is 3.94. The molecule has 0 saturated heterocycles. The molecule has 4 nitrogen and oxygen atoms in total. The molecule has 26 heavy (non-hydrogen) atoms. The van der Waals surface area contributed by atoms with Crippen LogP contribution in [0.1, 0.15) is 5.69 Å². The molecule has 0 aliphatic rings. The lowest BCUT2D eigenvalue weighted by molar-refractivity contribution is 0.592. The molecule has 0 saturated carbocycles. The Bertz CT molecular complexity index is 1170. The Morgan fingerprint density at radius 1 is 0.846 bits per heavy atom. The van der Waals surface area contributed by atoms with Crippen LogP contribution in [0.15, 0.2) is 71.1 Å². The molecule has 3 heterocycles. The lowest BCUT2D eigenvalue weighted by Crippen LogP contribution is -1.79. The quantitative estimate of drug-likeness (QED) is 0.436. The molecule has 5 rings (SSSR count). The van der Waals surface area contributed by atoms with Gasteiger partial charge in [0, 0.05) is 11.3 Å². The van der Waals surface area contributed by atoms with Crippen LogP contribution in [0.25, 0.3) is 43.8 Å². The molecule has 3 aromatic heterocycles. The molecule has 126 valence electrons. The van der Waals surface area contributed by atoms with Gasteiger partial charge in [0.2, 0.25) is 0 Å². The maximum absolute atomic E-state index is 6.04. The number of fused-ring (bicyclic) bond motifs is 1. The van der Waals surface area contributed by atoms with Gasteiger partial charge in [-0.15, -0.1) is 11.3 Å². The van der Waals surface area contributed by atoms with Gasteiger partial charge in [0.25, 0.3) is 0 Å². The Kier molecular flexibility index (Phi) is 3.47. The molecule has 1 N–H and O–H groups in total. The van der Waals surface area contributed by atoms with Crippen molar-refractivity contribution in [3.63, 3.8) is 0 Å². The van der Waals surface area contributed by atoms with Crippen LogP contribution in [-0.2, 0) is 0 Å². The van der Waals surface area contributed by atoms with Gasteiger partial charge in [0.15, 0.2) is 22.4 Å². The summed E-state index contributed by atoms with van der Waals surface area (Å²) in [5.41, 5.74) is 4.04. The molecule has 0 aliphatic heterocycles. The first-order valence-corrected chi connectivity index (χ1v) is 9.18. The van der Waals surface area contributed by atoms with E-state index in [1.807, 2.05) is 55.5 Å². The minimum Gasteiger partial charge on any atom is -0.450 e. The van der Waals surface area contributed by atoms with Crippen molar-refractivity contribution in [1.29, 1.82) is 0 Å². The molecule has 0 spiro atoms. The third kappa shape index (κ3) is 2.53. The second-order valence-electron chi connectivity index (χ2n) is 6.08. The number of benzene rings is 2. The average molecular weight is 357 g/mol. The third-order valence-corrected chi connectivity index (χ3v) is 5.33. The normalized spacial score (nSPS) is 11.3. The van der Waals surface area contributed by atoms with Crippen molar-refractivity contribution in [2.24, 2.45) is 0 Å². The maximum Gasteiger partial charge on any atom is 0.174 e. The van der Waals surface area contributed by atoms with Crippen molar-refractivity contribution in [2.45, 2.75) is 6.92 Å². The number of H-pyrrole nitrogens is 1. The molecule has 5 aromatic rings. The molecule has 0 unspecified atom stereocenters. The van der Waals surface area contributed by atoms with Crippen LogP contribution in [0, 0.1) is 6.92 Å². The number of aromatic amines is 1. The van der Waals surface area contributed by atoms with Crippen LogP contribution in [-0.4, -0.2) is 15.0 Å². The van der Waals surface area contributed by atoms with E-state index in [-0.39, 0.29) is 0 Å². The highest BCUT2D eigenvalue weighted by Gasteiger charge is 2.15. The SMILES string of the molecule is Cc1[nH]c(-c2ccc(-c3nc4ccccc4s3)o2)nc1-c1ccccc1. The Labute approximate surface area is 154 Å². The van der Waals surface area contributed by atoms with Crippen molar-refractivity contribution in [3.8, 4) is 33.6 Å². The van der Waals surface area contributed by atoms with Gasteiger partial charge in [0.1, 0.15) is 0 Å². The van der Waals surface area contributed by atoms with Gasteiger partial charge in [-0.05, 0) is 31.2 Å². The van der Waals surface area contributed by atoms with E-state index in [1.54, 1.807) is 11.3 Å². The Morgan fingerprint density at radius 2 is 1.62 bits per heavy atom. The van der Waals surface area contributed by atoms with Crippen molar-refractivity contribution < 1.29 is 4.42 Å². The summed E-state index contributed by atoms with van der Waals surface area (Å²) in [7, 11) is 0. The van der Waals surface area contributed by atoms with E-state index < -0.39 is 0 Å². The second-order valence-corrected chi connectivity index (χ2v) is 7.11. The minimum absolute atomic E-state index is 0.713. The predicted molar refractivity (Wildman–Crippen MR) is 105 cm³/mol. The summed E-state index contributed by atoms with van der Waals surface area (Å²) in [5, 5.41) is 0.879. The molecule has 2 aromatic carbocycles. The highest BCUT2D eigenvalue weighted by molar-refractivity contribution is 7.21. The Morgan fingerprint density at radius 3 is 2.46 bits per heavy atom. The van der Waals surface area contributed by atoms with Gasteiger partial charge in [-0.3, -0.25) is 0 Å². The molecular weight excluding hydrogens is 342 g/mol. The number of thiazole rings is 1. The van der Waals surface area contributed by atoms with E-state index in [4.69, 9.17) is 9.40 Å². The number of imidazole rings is 1. The van der Waals surface area contributed by atoms with Gasteiger partial charge < -0.3 is 9.40 Å². The summed E-state index contributed by atoms with van der Waals surface area (Å²) in [6, 6.07) is 22.1.